The highest BCUT2D eigenvalue weighted by molar-refractivity contribution is 5.95. The van der Waals surface area contributed by atoms with Crippen molar-refractivity contribution in [2.75, 3.05) is 0 Å². The Kier molecular flexibility index (Phi) is 5.55. The van der Waals surface area contributed by atoms with E-state index in [9.17, 15) is 9.59 Å². The topological polar surface area (TPSA) is 102 Å². The van der Waals surface area contributed by atoms with Crippen LogP contribution in [0.25, 0.3) is 11.4 Å². The number of nitrogens with zero attached hydrogens (tertiary/aromatic N) is 4. The van der Waals surface area contributed by atoms with Gasteiger partial charge in [-0.05, 0) is 24.6 Å². The predicted molar refractivity (Wildman–Crippen MR) is 99.5 cm³/mol. The first-order valence-corrected chi connectivity index (χ1v) is 8.52. The van der Waals surface area contributed by atoms with E-state index < -0.39 is 18.0 Å². The van der Waals surface area contributed by atoms with Gasteiger partial charge in [-0.1, -0.05) is 60.2 Å². The van der Waals surface area contributed by atoms with E-state index in [1.807, 2.05) is 61.5 Å². The third-order valence-electron chi connectivity index (χ3n) is 4.00. The molecule has 27 heavy (non-hydrogen) atoms. The summed E-state index contributed by atoms with van der Waals surface area (Å²) in [6, 6.07) is 15.7. The number of carbonyl (C=O) groups is 2. The number of carbonyl (C=O) groups excluding carboxylic acids is 2. The molecule has 0 spiro atoms. The molecule has 0 fully saturated rings. The van der Waals surface area contributed by atoms with Gasteiger partial charge in [-0.25, -0.2) is 4.79 Å². The number of imide groups is 1. The number of hydrogen-bond donors (Lipinski definition) is 2. The van der Waals surface area contributed by atoms with E-state index in [0.29, 0.717) is 12.4 Å². The Labute approximate surface area is 156 Å². The van der Waals surface area contributed by atoms with Crippen molar-refractivity contribution in [3.8, 4) is 11.4 Å². The summed E-state index contributed by atoms with van der Waals surface area (Å²) in [5.74, 6) is -0.100. The van der Waals surface area contributed by atoms with Crippen molar-refractivity contribution < 1.29 is 9.59 Å². The molecule has 0 aliphatic carbocycles. The van der Waals surface area contributed by atoms with Gasteiger partial charge in [0.05, 0.1) is 0 Å². The molecule has 138 valence electrons. The van der Waals surface area contributed by atoms with Crippen LogP contribution in [0.1, 0.15) is 24.1 Å². The lowest BCUT2D eigenvalue weighted by Gasteiger charge is -2.11. The number of tetrazole rings is 1. The molecule has 0 aliphatic heterocycles. The molecule has 3 aromatic rings. The van der Waals surface area contributed by atoms with Crippen molar-refractivity contribution in [3.63, 3.8) is 0 Å². The molecule has 1 atom stereocenters. The summed E-state index contributed by atoms with van der Waals surface area (Å²) >= 11 is 0. The number of amides is 3. The van der Waals surface area contributed by atoms with Crippen LogP contribution >= 0.6 is 0 Å². The van der Waals surface area contributed by atoms with E-state index in [-0.39, 0.29) is 0 Å². The normalized spacial score (nSPS) is 11.6. The summed E-state index contributed by atoms with van der Waals surface area (Å²) in [4.78, 5) is 25.4. The zero-order valence-electron chi connectivity index (χ0n) is 15.1. The van der Waals surface area contributed by atoms with Gasteiger partial charge in [0.25, 0.3) is 5.91 Å². The highest BCUT2D eigenvalue weighted by Gasteiger charge is 2.20. The first-order chi connectivity index (χ1) is 13.0. The van der Waals surface area contributed by atoms with Crippen LogP contribution in [0, 0.1) is 6.92 Å². The quantitative estimate of drug-likeness (QED) is 0.723. The van der Waals surface area contributed by atoms with Crippen LogP contribution in [0.3, 0.4) is 0 Å². The van der Waals surface area contributed by atoms with Gasteiger partial charge in [-0.2, -0.15) is 4.80 Å². The van der Waals surface area contributed by atoms with Crippen LogP contribution in [0.5, 0.6) is 0 Å². The van der Waals surface area contributed by atoms with Crippen LogP contribution in [-0.4, -0.2) is 32.1 Å². The number of nitrogens with one attached hydrogen (secondary N) is 2. The molecule has 0 bridgehead atoms. The lowest BCUT2D eigenvalue weighted by Crippen LogP contribution is -2.42. The van der Waals surface area contributed by atoms with Gasteiger partial charge in [-0.3, -0.25) is 10.1 Å². The molecule has 3 amide bonds. The van der Waals surface area contributed by atoms with Gasteiger partial charge >= 0.3 is 6.03 Å². The molecule has 0 radical (unpaired) electrons. The van der Waals surface area contributed by atoms with E-state index in [1.165, 1.54) is 4.80 Å². The Bertz CT molecular complexity index is 921. The first-order valence-electron chi connectivity index (χ1n) is 8.52. The third kappa shape index (κ3) is 4.75. The van der Waals surface area contributed by atoms with Gasteiger partial charge < -0.3 is 5.32 Å². The van der Waals surface area contributed by atoms with E-state index in [4.69, 9.17) is 0 Å². The minimum Gasteiger partial charge on any atom is -0.334 e. The Balaban J connectivity index is 1.57. The fourth-order valence-electron chi connectivity index (χ4n) is 2.35. The number of aryl methyl sites for hydroxylation is 1. The summed E-state index contributed by atoms with van der Waals surface area (Å²) in [6.45, 7) is 3.91. The summed E-state index contributed by atoms with van der Waals surface area (Å²) in [5, 5.41) is 17.1. The van der Waals surface area contributed by atoms with Crippen LogP contribution in [0.4, 0.5) is 4.79 Å². The number of rotatable bonds is 5. The predicted octanol–water partition coefficient (Wildman–Crippen LogP) is 2.24. The molecular weight excluding hydrogens is 344 g/mol. The van der Waals surface area contributed by atoms with Crippen molar-refractivity contribution in [2.45, 2.75) is 26.4 Å². The molecule has 1 aromatic heterocycles. The van der Waals surface area contributed by atoms with Crippen molar-refractivity contribution in [1.82, 2.24) is 30.8 Å². The van der Waals surface area contributed by atoms with E-state index in [0.717, 1.165) is 16.7 Å². The van der Waals surface area contributed by atoms with Crippen LogP contribution in [0.15, 0.2) is 54.6 Å². The molecule has 3 rings (SSSR count). The van der Waals surface area contributed by atoms with Crippen molar-refractivity contribution in [2.24, 2.45) is 0 Å². The number of hydrogen-bond acceptors (Lipinski definition) is 5. The molecule has 8 nitrogen and oxygen atoms in total. The van der Waals surface area contributed by atoms with Crippen molar-refractivity contribution in [1.29, 1.82) is 0 Å². The zero-order chi connectivity index (χ0) is 19.2. The smallest absolute Gasteiger partial charge is 0.321 e. The second-order valence-corrected chi connectivity index (χ2v) is 6.13. The molecule has 2 aromatic carbocycles. The Morgan fingerprint density at radius 1 is 1.07 bits per heavy atom. The van der Waals surface area contributed by atoms with Crippen molar-refractivity contribution >= 4 is 11.9 Å². The van der Waals surface area contributed by atoms with Crippen LogP contribution < -0.4 is 10.6 Å². The lowest BCUT2D eigenvalue weighted by molar-refractivity contribution is -0.123. The average molecular weight is 364 g/mol. The maximum atomic E-state index is 12.3. The molecule has 2 N–H and O–H groups in total. The summed E-state index contributed by atoms with van der Waals surface area (Å²) < 4.78 is 0. The van der Waals surface area contributed by atoms with Crippen LogP contribution in [-0.2, 0) is 11.3 Å². The van der Waals surface area contributed by atoms with Gasteiger partial charge in [-0.15, -0.1) is 10.2 Å². The average Bonchev–Trinajstić information content (AvgIpc) is 3.17. The van der Waals surface area contributed by atoms with Gasteiger partial charge in [0.2, 0.25) is 5.82 Å². The Morgan fingerprint density at radius 2 is 1.78 bits per heavy atom. The van der Waals surface area contributed by atoms with Crippen LogP contribution in [0.2, 0.25) is 0 Å². The number of benzene rings is 2. The second kappa shape index (κ2) is 8.22. The minimum absolute atomic E-state index is 0.327. The van der Waals surface area contributed by atoms with Gasteiger partial charge in [0, 0.05) is 12.1 Å². The molecule has 1 unspecified atom stereocenters. The summed E-state index contributed by atoms with van der Waals surface area (Å²) in [7, 11) is 0. The summed E-state index contributed by atoms with van der Waals surface area (Å²) in [6.07, 6.45) is 0. The molecule has 0 saturated heterocycles. The Hall–Kier alpha value is -3.55. The third-order valence-corrected chi connectivity index (χ3v) is 4.00. The first kappa shape index (κ1) is 18.2. The van der Waals surface area contributed by atoms with E-state index in [1.54, 1.807) is 6.92 Å². The number of urea groups is 1. The fraction of sp³-hybridized carbons (Fsp3) is 0.211. The fourth-order valence-corrected chi connectivity index (χ4v) is 2.35. The van der Waals surface area contributed by atoms with Gasteiger partial charge in [0.1, 0.15) is 6.04 Å². The molecule has 1 heterocycles. The largest absolute Gasteiger partial charge is 0.334 e. The second-order valence-electron chi connectivity index (χ2n) is 6.13. The van der Waals surface area contributed by atoms with E-state index >= 15 is 0 Å². The lowest BCUT2D eigenvalue weighted by atomic mass is 10.1. The maximum Gasteiger partial charge on any atom is 0.321 e. The summed E-state index contributed by atoms with van der Waals surface area (Å²) in [5.41, 5.74) is 2.87. The van der Waals surface area contributed by atoms with E-state index in [2.05, 4.69) is 26.0 Å². The van der Waals surface area contributed by atoms with Gasteiger partial charge in [0.15, 0.2) is 0 Å². The SMILES string of the molecule is Cc1ccc(-c2nnn(C(C)C(=O)NC(=O)NCc3ccccc3)n2)cc1. The highest BCUT2D eigenvalue weighted by Crippen LogP contribution is 2.15. The Morgan fingerprint density at radius 3 is 2.48 bits per heavy atom. The molecule has 0 saturated carbocycles. The van der Waals surface area contributed by atoms with Crippen molar-refractivity contribution in [3.05, 3.63) is 65.7 Å². The molecular formula is C19H20N6O2. The maximum absolute atomic E-state index is 12.3. The minimum atomic E-state index is -0.779. The highest BCUT2D eigenvalue weighted by atomic mass is 16.2. The monoisotopic (exact) mass is 364 g/mol. The molecule has 0 aliphatic rings. The molecule has 8 heteroatoms. The number of aromatic nitrogens is 4. The standard InChI is InChI=1S/C19H20N6O2/c1-13-8-10-16(11-9-13)17-22-24-25(23-17)14(2)18(26)21-19(27)20-12-15-6-4-3-5-7-15/h3-11,14H,12H2,1-2H3,(H2,20,21,26,27). The zero-order valence-corrected chi connectivity index (χ0v) is 15.1.